The number of aromatic nitrogens is 2. The van der Waals surface area contributed by atoms with Crippen molar-refractivity contribution < 1.29 is 9.53 Å². The Labute approximate surface area is 181 Å². The van der Waals surface area contributed by atoms with Crippen LogP contribution in [0, 0.1) is 20.8 Å². The molecular formula is C21H17Cl2N3O2S. The highest BCUT2D eigenvalue weighted by Gasteiger charge is 2.16. The number of carbonyl (C=O) groups excluding carboxylic acids is 1. The summed E-state index contributed by atoms with van der Waals surface area (Å²) in [5, 5.41) is 4.83. The van der Waals surface area contributed by atoms with Crippen LogP contribution in [0.2, 0.25) is 10.0 Å². The molecule has 0 unspecified atom stereocenters. The standard InChI is InChI=1S/C21H17Cl2N3O2S/c1-10-6-11(2)18-16(7-10)29-21(26-18)25-17(27)9-28-20-15(23)8-14(22)13-5-4-12(3)24-19(13)20/h4-8H,9H2,1-3H3,(H,25,26,27). The lowest BCUT2D eigenvalue weighted by atomic mass is 10.1. The molecule has 5 nitrogen and oxygen atoms in total. The molecule has 0 saturated heterocycles. The van der Waals surface area contributed by atoms with Gasteiger partial charge in [0.2, 0.25) is 0 Å². The van der Waals surface area contributed by atoms with E-state index in [1.807, 2.05) is 32.9 Å². The Balaban J connectivity index is 1.55. The van der Waals surface area contributed by atoms with E-state index >= 15 is 0 Å². The van der Waals surface area contributed by atoms with Crippen LogP contribution in [0.25, 0.3) is 21.1 Å². The molecule has 4 rings (SSSR count). The number of pyridine rings is 1. The molecule has 0 saturated carbocycles. The maximum atomic E-state index is 12.4. The molecule has 148 valence electrons. The molecule has 0 aliphatic rings. The number of thiazole rings is 1. The van der Waals surface area contributed by atoms with Gasteiger partial charge in [0.05, 0.1) is 20.3 Å². The van der Waals surface area contributed by atoms with E-state index in [2.05, 4.69) is 27.4 Å². The van der Waals surface area contributed by atoms with E-state index in [-0.39, 0.29) is 12.5 Å². The summed E-state index contributed by atoms with van der Waals surface area (Å²) in [5.74, 6) is 0.00550. The number of nitrogens with zero attached hydrogens (tertiary/aromatic N) is 2. The van der Waals surface area contributed by atoms with Crippen molar-refractivity contribution >= 4 is 66.7 Å². The Hall–Kier alpha value is -2.41. The first-order valence-electron chi connectivity index (χ1n) is 8.87. The maximum Gasteiger partial charge on any atom is 0.264 e. The van der Waals surface area contributed by atoms with Gasteiger partial charge < -0.3 is 4.74 Å². The van der Waals surface area contributed by atoms with Gasteiger partial charge in [0.1, 0.15) is 5.52 Å². The molecule has 0 aliphatic heterocycles. The van der Waals surface area contributed by atoms with Gasteiger partial charge in [-0.3, -0.25) is 10.1 Å². The predicted molar refractivity (Wildman–Crippen MR) is 120 cm³/mol. The minimum Gasteiger partial charge on any atom is -0.480 e. The lowest BCUT2D eigenvalue weighted by Crippen LogP contribution is -2.20. The number of hydrogen-bond donors (Lipinski definition) is 1. The smallest absolute Gasteiger partial charge is 0.264 e. The van der Waals surface area contributed by atoms with Gasteiger partial charge in [0.25, 0.3) is 5.91 Å². The molecule has 0 radical (unpaired) electrons. The van der Waals surface area contributed by atoms with Crippen LogP contribution < -0.4 is 10.1 Å². The summed E-state index contributed by atoms with van der Waals surface area (Å²) in [6, 6.07) is 9.43. The minimum absolute atomic E-state index is 0.222. The van der Waals surface area contributed by atoms with E-state index < -0.39 is 0 Å². The number of nitrogens with one attached hydrogen (secondary N) is 1. The number of fused-ring (bicyclic) bond motifs is 2. The Kier molecular flexibility index (Phi) is 5.34. The van der Waals surface area contributed by atoms with Crippen LogP contribution in [0.4, 0.5) is 5.13 Å². The highest BCUT2D eigenvalue weighted by atomic mass is 35.5. The zero-order chi connectivity index (χ0) is 20.7. The Morgan fingerprint density at radius 2 is 1.86 bits per heavy atom. The van der Waals surface area contributed by atoms with E-state index in [1.165, 1.54) is 11.3 Å². The van der Waals surface area contributed by atoms with E-state index in [4.69, 9.17) is 27.9 Å². The highest BCUT2D eigenvalue weighted by Crippen LogP contribution is 2.37. The molecular weight excluding hydrogens is 429 g/mol. The average molecular weight is 446 g/mol. The minimum atomic E-state index is -0.328. The second kappa shape index (κ2) is 7.78. The van der Waals surface area contributed by atoms with Crippen molar-refractivity contribution in [3.63, 3.8) is 0 Å². The maximum absolute atomic E-state index is 12.4. The molecule has 0 fully saturated rings. The van der Waals surface area contributed by atoms with Crippen molar-refractivity contribution in [1.29, 1.82) is 0 Å². The van der Waals surface area contributed by atoms with Crippen molar-refractivity contribution in [1.82, 2.24) is 9.97 Å². The number of benzene rings is 2. The van der Waals surface area contributed by atoms with Gasteiger partial charge in [-0.05, 0) is 56.2 Å². The van der Waals surface area contributed by atoms with Crippen molar-refractivity contribution in [2.45, 2.75) is 20.8 Å². The summed E-state index contributed by atoms with van der Waals surface area (Å²) in [6.45, 7) is 5.68. The van der Waals surface area contributed by atoms with Crippen LogP contribution in [0.1, 0.15) is 16.8 Å². The quantitative estimate of drug-likeness (QED) is 0.412. The summed E-state index contributed by atoms with van der Waals surface area (Å²) in [6.07, 6.45) is 0. The summed E-state index contributed by atoms with van der Waals surface area (Å²) >= 11 is 14.0. The SMILES string of the molecule is Cc1cc(C)c2nc(NC(=O)COc3c(Cl)cc(Cl)c4ccc(C)nc34)sc2c1. The third-order valence-corrected chi connectivity index (χ3v) is 5.91. The second-order valence-corrected chi connectivity index (χ2v) is 8.65. The number of aryl methyl sites for hydroxylation is 3. The normalized spacial score (nSPS) is 11.2. The largest absolute Gasteiger partial charge is 0.480 e. The molecule has 1 N–H and O–H groups in total. The summed E-state index contributed by atoms with van der Waals surface area (Å²) < 4.78 is 6.76. The highest BCUT2D eigenvalue weighted by molar-refractivity contribution is 7.22. The van der Waals surface area contributed by atoms with Crippen LogP contribution in [0.3, 0.4) is 0 Å². The fraction of sp³-hybridized carbons (Fsp3) is 0.190. The van der Waals surface area contributed by atoms with Crippen LogP contribution in [0.5, 0.6) is 5.75 Å². The van der Waals surface area contributed by atoms with Gasteiger partial charge in [0, 0.05) is 11.1 Å². The van der Waals surface area contributed by atoms with Crippen molar-refractivity contribution in [2.24, 2.45) is 0 Å². The van der Waals surface area contributed by atoms with E-state index in [9.17, 15) is 4.79 Å². The third kappa shape index (κ3) is 4.01. The van der Waals surface area contributed by atoms with Gasteiger partial charge in [0.15, 0.2) is 17.5 Å². The van der Waals surface area contributed by atoms with E-state index in [0.29, 0.717) is 31.8 Å². The summed E-state index contributed by atoms with van der Waals surface area (Å²) in [5.41, 5.74) is 4.45. The van der Waals surface area contributed by atoms with Crippen LogP contribution in [-0.2, 0) is 4.79 Å². The first kappa shape index (κ1) is 19.9. The molecule has 4 aromatic rings. The number of rotatable bonds is 4. The molecule has 2 aromatic heterocycles. The van der Waals surface area contributed by atoms with Gasteiger partial charge in [-0.15, -0.1) is 0 Å². The lowest BCUT2D eigenvalue weighted by molar-refractivity contribution is -0.118. The van der Waals surface area contributed by atoms with Gasteiger partial charge in [-0.2, -0.15) is 0 Å². The molecule has 29 heavy (non-hydrogen) atoms. The number of halogens is 2. The first-order valence-corrected chi connectivity index (χ1v) is 10.4. The Morgan fingerprint density at radius 3 is 2.66 bits per heavy atom. The van der Waals surface area contributed by atoms with E-state index in [0.717, 1.165) is 27.0 Å². The number of amides is 1. The van der Waals surface area contributed by atoms with Gasteiger partial charge in [-0.25, -0.2) is 9.97 Å². The number of carbonyl (C=O) groups is 1. The van der Waals surface area contributed by atoms with E-state index in [1.54, 1.807) is 6.07 Å². The zero-order valence-electron chi connectivity index (χ0n) is 16.0. The van der Waals surface area contributed by atoms with Crippen LogP contribution in [-0.4, -0.2) is 22.5 Å². The van der Waals surface area contributed by atoms with Gasteiger partial charge in [-0.1, -0.05) is 40.6 Å². The fourth-order valence-corrected chi connectivity index (χ4v) is 4.77. The summed E-state index contributed by atoms with van der Waals surface area (Å²) in [7, 11) is 0. The Bertz CT molecular complexity index is 1270. The molecule has 2 aromatic carbocycles. The predicted octanol–water partition coefficient (Wildman–Crippen LogP) is 6.09. The molecule has 0 aliphatic carbocycles. The zero-order valence-corrected chi connectivity index (χ0v) is 18.3. The monoisotopic (exact) mass is 445 g/mol. The number of hydrogen-bond acceptors (Lipinski definition) is 5. The molecule has 0 spiro atoms. The van der Waals surface area contributed by atoms with Gasteiger partial charge >= 0.3 is 0 Å². The van der Waals surface area contributed by atoms with Crippen LogP contribution in [0.15, 0.2) is 30.3 Å². The average Bonchev–Trinajstić information content (AvgIpc) is 3.03. The fourth-order valence-electron chi connectivity index (χ4n) is 3.14. The molecule has 0 bridgehead atoms. The molecule has 8 heteroatoms. The van der Waals surface area contributed by atoms with Crippen molar-refractivity contribution in [3.8, 4) is 5.75 Å². The topological polar surface area (TPSA) is 64.1 Å². The van der Waals surface area contributed by atoms with Crippen molar-refractivity contribution in [3.05, 3.63) is 57.2 Å². The third-order valence-electron chi connectivity index (χ3n) is 4.40. The molecule has 2 heterocycles. The van der Waals surface area contributed by atoms with Crippen LogP contribution >= 0.6 is 34.5 Å². The van der Waals surface area contributed by atoms with Crippen molar-refractivity contribution in [2.75, 3.05) is 11.9 Å². The molecule has 1 amide bonds. The lowest BCUT2D eigenvalue weighted by Gasteiger charge is -2.12. The summed E-state index contributed by atoms with van der Waals surface area (Å²) in [4.78, 5) is 21.4. The number of anilines is 1. The second-order valence-electron chi connectivity index (χ2n) is 6.80. The first-order chi connectivity index (χ1) is 13.8. The number of ether oxygens (including phenoxy) is 1. The molecule has 0 atom stereocenters. The Morgan fingerprint density at radius 1 is 1.07 bits per heavy atom.